The minimum Gasteiger partial charge on any atom is -0.270 e. The number of hydrogen-bond donors (Lipinski definition) is 1. The molecule has 0 atom stereocenters. The van der Waals surface area contributed by atoms with Gasteiger partial charge in [0, 0.05) is 18.2 Å². The lowest BCUT2D eigenvalue weighted by molar-refractivity contribution is 0.660. The summed E-state index contributed by atoms with van der Waals surface area (Å²) in [7, 11) is 0. The van der Waals surface area contributed by atoms with Crippen LogP contribution in [-0.4, -0.2) is 26.4 Å². The van der Waals surface area contributed by atoms with Gasteiger partial charge in [-0.05, 0) is 19.8 Å². The molecule has 1 aromatic heterocycles. The van der Waals surface area contributed by atoms with E-state index < -0.39 is 0 Å². The molecule has 0 unspecified atom stereocenters. The zero-order chi connectivity index (χ0) is 10.4. The van der Waals surface area contributed by atoms with Crippen molar-refractivity contribution in [2.45, 2.75) is 31.5 Å². The van der Waals surface area contributed by atoms with Gasteiger partial charge >= 0.3 is 5.69 Å². The second-order valence-electron chi connectivity index (χ2n) is 2.80. The maximum absolute atomic E-state index is 11.2. The molecule has 0 aliphatic heterocycles. The second kappa shape index (κ2) is 6.14. The highest BCUT2D eigenvalue weighted by atomic mass is 35.5. The van der Waals surface area contributed by atoms with Gasteiger partial charge in [0.2, 0.25) is 0 Å². The highest BCUT2D eigenvalue weighted by Gasteiger charge is 2.05. The Kier molecular flexibility index (Phi) is 5.11. The van der Waals surface area contributed by atoms with Crippen LogP contribution in [0.4, 0.5) is 0 Å². The predicted molar refractivity (Wildman–Crippen MR) is 59.2 cm³/mol. The van der Waals surface area contributed by atoms with E-state index >= 15 is 0 Å². The monoisotopic (exact) mass is 235 g/mol. The quantitative estimate of drug-likeness (QED) is 0.464. The van der Waals surface area contributed by atoms with E-state index in [1.54, 1.807) is 16.3 Å². The van der Waals surface area contributed by atoms with Crippen LogP contribution in [0.25, 0.3) is 0 Å². The molecule has 0 aromatic carbocycles. The average molecular weight is 236 g/mol. The summed E-state index contributed by atoms with van der Waals surface area (Å²) in [6.07, 6.45) is 2.06. The van der Waals surface area contributed by atoms with Crippen molar-refractivity contribution in [3.63, 3.8) is 0 Å². The Hall–Kier alpha value is -0.420. The first-order valence-corrected chi connectivity index (χ1v) is 6.15. The van der Waals surface area contributed by atoms with Crippen LogP contribution in [-0.2, 0) is 6.54 Å². The van der Waals surface area contributed by atoms with E-state index in [9.17, 15) is 4.79 Å². The number of unbranched alkanes of at least 4 members (excludes halogenated alkanes) is 1. The summed E-state index contributed by atoms with van der Waals surface area (Å²) in [5.74, 6) is 1.65. The summed E-state index contributed by atoms with van der Waals surface area (Å²) in [5.41, 5.74) is -0.132. The molecule has 0 spiro atoms. The van der Waals surface area contributed by atoms with Crippen molar-refractivity contribution in [2.75, 3.05) is 11.6 Å². The second-order valence-corrected chi connectivity index (χ2v) is 4.24. The highest BCUT2D eigenvalue weighted by Crippen LogP contribution is 2.14. The third-order valence-corrected chi connectivity index (χ3v) is 3.13. The third kappa shape index (κ3) is 3.06. The molecule has 0 bridgehead atoms. The normalized spacial score (nSPS) is 10.7. The first-order chi connectivity index (χ1) is 6.79. The van der Waals surface area contributed by atoms with Gasteiger partial charge in [-0.25, -0.2) is 9.89 Å². The van der Waals surface area contributed by atoms with Gasteiger partial charge in [-0.2, -0.15) is 0 Å². The van der Waals surface area contributed by atoms with Gasteiger partial charge in [0.05, 0.1) is 0 Å². The summed E-state index contributed by atoms with van der Waals surface area (Å²) in [6.45, 7) is 2.59. The Morgan fingerprint density at radius 3 is 3.00 bits per heavy atom. The van der Waals surface area contributed by atoms with Gasteiger partial charge < -0.3 is 0 Å². The lowest BCUT2D eigenvalue weighted by Gasteiger charge is -2.00. The molecular weight excluding hydrogens is 222 g/mol. The highest BCUT2D eigenvalue weighted by molar-refractivity contribution is 7.99. The molecule has 0 radical (unpaired) electrons. The maximum Gasteiger partial charge on any atom is 0.343 e. The number of H-pyrrole nitrogens is 1. The van der Waals surface area contributed by atoms with Crippen molar-refractivity contribution in [3.8, 4) is 0 Å². The predicted octanol–water partition coefficient (Wildman–Crippen LogP) is 1.70. The number of halogens is 1. The molecule has 0 saturated carbocycles. The molecule has 80 valence electrons. The Labute approximate surface area is 92.0 Å². The number of aromatic amines is 1. The van der Waals surface area contributed by atoms with Crippen LogP contribution in [0.3, 0.4) is 0 Å². The van der Waals surface area contributed by atoms with Gasteiger partial charge in [0.25, 0.3) is 0 Å². The molecule has 0 saturated heterocycles. The Balaban J connectivity index is 2.46. The standard InChI is InChI=1S/C8H14ClN3OS/c1-2-12-7(13)10-11-8(12)14-6-4-3-5-9/h2-6H2,1H3,(H,10,13). The number of aromatic nitrogens is 3. The van der Waals surface area contributed by atoms with Crippen LogP contribution in [0.1, 0.15) is 19.8 Å². The van der Waals surface area contributed by atoms with Crippen LogP contribution < -0.4 is 5.69 Å². The number of rotatable bonds is 6. The van der Waals surface area contributed by atoms with Crippen LogP contribution in [0.15, 0.2) is 9.95 Å². The fourth-order valence-electron chi connectivity index (χ4n) is 1.05. The van der Waals surface area contributed by atoms with Gasteiger partial charge in [0.1, 0.15) is 0 Å². The molecular formula is C8H14ClN3OS. The Morgan fingerprint density at radius 1 is 1.57 bits per heavy atom. The van der Waals surface area contributed by atoms with Crippen molar-refractivity contribution >= 4 is 23.4 Å². The molecule has 0 aliphatic rings. The van der Waals surface area contributed by atoms with Crippen molar-refractivity contribution < 1.29 is 0 Å². The molecule has 4 nitrogen and oxygen atoms in total. The Bertz CT molecular complexity index is 323. The topological polar surface area (TPSA) is 50.7 Å². The summed E-state index contributed by atoms with van der Waals surface area (Å²) in [4.78, 5) is 11.2. The largest absolute Gasteiger partial charge is 0.343 e. The van der Waals surface area contributed by atoms with Gasteiger partial charge in [-0.15, -0.1) is 16.7 Å². The summed E-state index contributed by atoms with van der Waals surface area (Å²) in [6, 6.07) is 0. The van der Waals surface area contributed by atoms with Crippen molar-refractivity contribution in [2.24, 2.45) is 0 Å². The number of hydrogen-bond acceptors (Lipinski definition) is 3. The van der Waals surface area contributed by atoms with E-state index in [-0.39, 0.29) is 5.69 Å². The molecule has 1 heterocycles. The molecule has 1 aromatic rings. The van der Waals surface area contributed by atoms with Gasteiger partial charge in [0.15, 0.2) is 5.16 Å². The summed E-state index contributed by atoms with van der Waals surface area (Å²) < 4.78 is 1.63. The van der Waals surface area contributed by atoms with Crippen molar-refractivity contribution in [1.29, 1.82) is 0 Å². The van der Waals surface area contributed by atoms with E-state index in [0.717, 1.165) is 23.8 Å². The summed E-state index contributed by atoms with van der Waals surface area (Å²) >= 11 is 7.15. The van der Waals surface area contributed by atoms with Crippen LogP contribution in [0.2, 0.25) is 0 Å². The molecule has 14 heavy (non-hydrogen) atoms. The van der Waals surface area contributed by atoms with Crippen molar-refractivity contribution in [1.82, 2.24) is 14.8 Å². The van der Waals surface area contributed by atoms with Crippen molar-refractivity contribution in [3.05, 3.63) is 10.5 Å². The fourth-order valence-corrected chi connectivity index (χ4v) is 2.25. The van der Waals surface area contributed by atoms with E-state index in [0.29, 0.717) is 12.4 Å². The first-order valence-electron chi connectivity index (χ1n) is 4.63. The number of thioether (sulfide) groups is 1. The average Bonchev–Trinajstić information content (AvgIpc) is 2.54. The number of nitrogens with one attached hydrogen (secondary N) is 1. The Morgan fingerprint density at radius 2 is 2.36 bits per heavy atom. The molecule has 1 rings (SSSR count). The minimum atomic E-state index is -0.132. The number of alkyl halides is 1. The van der Waals surface area contributed by atoms with Crippen LogP contribution in [0.5, 0.6) is 0 Å². The molecule has 6 heteroatoms. The maximum atomic E-state index is 11.2. The molecule has 0 fully saturated rings. The zero-order valence-corrected chi connectivity index (χ0v) is 9.70. The SMILES string of the molecule is CCn1c(SCCCCCl)n[nH]c1=O. The van der Waals surface area contributed by atoms with Crippen LogP contribution in [0, 0.1) is 0 Å². The van der Waals surface area contributed by atoms with Crippen LogP contribution >= 0.6 is 23.4 Å². The lowest BCUT2D eigenvalue weighted by atomic mass is 10.4. The van der Waals surface area contributed by atoms with E-state index in [4.69, 9.17) is 11.6 Å². The third-order valence-electron chi connectivity index (χ3n) is 1.80. The van der Waals surface area contributed by atoms with Gasteiger partial charge in [-0.1, -0.05) is 11.8 Å². The van der Waals surface area contributed by atoms with E-state index in [1.807, 2.05) is 6.92 Å². The summed E-state index contributed by atoms with van der Waals surface area (Å²) in [5, 5.41) is 7.15. The first kappa shape index (κ1) is 11.7. The molecule has 1 N–H and O–H groups in total. The fraction of sp³-hybridized carbons (Fsp3) is 0.750. The smallest absolute Gasteiger partial charge is 0.270 e. The molecule has 0 aliphatic carbocycles. The molecule has 0 amide bonds. The minimum absolute atomic E-state index is 0.132. The van der Waals surface area contributed by atoms with Gasteiger partial charge in [-0.3, -0.25) is 4.57 Å². The lowest BCUT2D eigenvalue weighted by Crippen LogP contribution is -2.16. The van der Waals surface area contributed by atoms with E-state index in [1.165, 1.54) is 0 Å². The zero-order valence-electron chi connectivity index (χ0n) is 8.12. The number of nitrogens with zero attached hydrogens (tertiary/aromatic N) is 2. The van der Waals surface area contributed by atoms with E-state index in [2.05, 4.69) is 10.2 Å².